The Morgan fingerprint density at radius 1 is 0.976 bits per heavy atom. The number of ether oxygens (including phenoxy) is 3. The van der Waals surface area contributed by atoms with E-state index in [-0.39, 0.29) is 23.9 Å². The zero-order valence-electron chi connectivity index (χ0n) is 25.7. The second-order valence-corrected chi connectivity index (χ2v) is 12.4. The molecule has 3 aliphatic rings. The summed E-state index contributed by atoms with van der Waals surface area (Å²) in [6, 6.07) is 5.89. The summed E-state index contributed by atoms with van der Waals surface area (Å²) in [5.74, 6) is 2.36. The van der Waals surface area contributed by atoms with Gasteiger partial charge in [-0.25, -0.2) is 4.79 Å². The number of benzene rings is 1. The third-order valence-corrected chi connectivity index (χ3v) is 8.90. The first-order valence-electron chi connectivity index (χ1n) is 15.8. The number of carbonyl (C=O) groups excluding carboxylic acids is 2. The Labute approximate surface area is 246 Å². The van der Waals surface area contributed by atoms with Crippen LogP contribution in [-0.4, -0.2) is 94.0 Å². The fraction of sp³-hybridized carbons (Fsp3) is 0.750. The average molecular weight is 573 g/mol. The van der Waals surface area contributed by atoms with Gasteiger partial charge in [0, 0.05) is 70.5 Å². The lowest BCUT2D eigenvalue weighted by molar-refractivity contribution is 0.0652. The molecule has 9 nitrogen and oxygen atoms in total. The van der Waals surface area contributed by atoms with Crippen LogP contribution in [0.25, 0.3) is 0 Å². The van der Waals surface area contributed by atoms with Gasteiger partial charge in [0.1, 0.15) is 0 Å². The summed E-state index contributed by atoms with van der Waals surface area (Å²) < 4.78 is 16.5. The number of carbonyl (C=O) groups is 2. The van der Waals surface area contributed by atoms with Gasteiger partial charge in [0.25, 0.3) is 5.91 Å². The van der Waals surface area contributed by atoms with Crippen molar-refractivity contribution in [2.75, 3.05) is 60.2 Å². The minimum Gasteiger partial charge on any atom is -0.493 e. The molecule has 4 rings (SSSR count). The maximum Gasteiger partial charge on any atom is 0.317 e. The summed E-state index contributed by atoms with van der Waals surface area (Å²) in [6.07, 6.45) is 9.28. The number of rotatable bonds is 15. The molecule has 2 saturated carbocycles. The van der Waals surface area contributed by atoms with Crippen LogP contribution in [0.1, 0.15) is 75.6 Å². The predicted octanol–water partition coefficient (Wildman–Crippen LogP) is 4.55. The highest BCUT2D eigenvalue weighted by atomic mass is 16.5. The van der Waals surface area contributed by atoms with Crippen LogP contribution in [0.5, 0.6) is 11.5 Å². The Bertz CT molecular complexity index is 979. The second-order valence-electron chi connectivity index (χ2n) is 12.4. The molecule has 3 fully saturated rings. The molecule has 2 atom stereocenters. The molecular formula is C32H52N4O5. The molecule has 1 aromatic carbocycles. The normalized spacial score (nSPS) is 21.1. The van der Waals surface area contributed by atoms with Gasteiger partial charge in [0.2, 0.25) is 0 Å². The van der Waals surface area contributed by atoms with E-state index >= 15 is 0 Å². The minimum absolute atomic E-state index is 0.0145. The molecule has 1 saturated heterocycles. The zero-order chi connectivity index (χ0) is 29.2. The van der Waals surface area contributed by atoms with E-state index in [1.54, 1.807) is 26.4 Å². The van der Waals surface area contributed by atoms with Gasteiger partial charge in [-0.2, -0.15) is 0 Å². The lowest BCUT2D eigenvalue weighted by atomic mass is 9.89. The van der Waals surface area contributed by atoms with Gasteiger partial charge < -0.3 is 34.6 Å². The highest BCUT2D eigenvalue weighted by Crippen LogP contribution is 2.32. The van der Waals surface area contributed by atoms with Gasteiger partial charge in [-0.05, 0) is 75.5 Å². The molecular weight excluding hydrogens is 520 g/mol. The molecule has 0 bridgehead atoms. The van der Waals surface area contributed by atoms with Gasteiger partial charge in [0.15, 0.2) is 11.5 Å². The number of methoxy groups -OCH3 is 2. The molecule has 1 aromatic rings. The van der Waals surface area contributed by atoms with E-state index in [0.29, 0.717) is 54.7 Å². The Balaban J connectivity index is 1.38. The zero-order valence-corrected chi connectivity index (χ0v) is 25.7. The lowest BCUT2D eigenvalue weighted by Gasteiger charge is -2.34. The van der Waals surface area contributed by atoms with Gasteiger partial charge >= 0.3 is 6.03 Å². The van der Waals surface area contributed by atoms with Crippen LogP contribution < -0.4 is 20.1 Å². The van der Waals surface area contributed by atoms with Crippen molar-refractivity contribution in [2.24, 2.45) is 17.8 Å². The first kappa shape index (κ1) is 31.4. The van der Waals surface area contributed by atoms with Crippen molar-refractivity contribution < 1.29 is 23.8 Å². The van der Waals surface area contributed by atoms with E-state index in [1.165, 1.54) is 32.1 Å². The summed E-state index contributed by atoms with van der Waals surface area (Å²) in [6.45, 7) is 9.12. The standard InChI is InChI=1S/C32H52N4O5/c1-23(2)35(31(37)25-11-14-29(40-4)30(17-25)41-16-8-15-39-3)21-26-19-33-20-27(26)22-36(28-12-13-28)32(38)34-18-24-9-6-5-7-10-24/h11,14,17,23-24,26-28,33H,5-10,12-13,15-16,18-22H2,1-4H3,(H,34,38)/t26-,27-/m0/s1. The van der Waals surface area contributed by atoms with Crippen LogP contribution in [0, 0.1) is 17.8 Å². The SMILES string of the molecule is COCCCOc1cc(C(=O)N(C[C@@H]2CNC[C@H]2CN(C(=O)NCC2CCCCC2)C2CC2)C(C)C)ccc1OC. The first-order chi connectivity index (χ1) is 19.9. The summed E-state index contributed by atoms with van der Waals surface area (Å²) >= 11 is 0. The third-order valence-electron chi connectivity index (χ3n) is 8.90. The van der Waals surface area contributed by atoms with E-state index in [0.717, 1.165) is 45.4 Å². The summed E-state index contributed by atoms with van der Waals surface area (Å²) in [5.41, 5.74) is 0.588. The smallest absolute Gasteiger partial charge is 0.317 e. The van der Waals surface area contributed by atoms with Crippen LogP contribution in [-0.2, 0) is 4.74 Å². The van der Waals surface area contributed by atoms with Gasteiger partial charge in [-0.3, -0.25) is 4.79 Å². The largest absolute Gasteiger partial charge is 0.493 e. The Morgan fingerprint density at radius 2 is 1.71 bits per heavy atom. The van der Waals surface area contributed by atoms with Crippen LogP contribution in [0.3, 0.4) is 0 Å². The maximum atomic E-state index is 13.8. The highest BCUT2D eigenvalue weighted by molar-refractivity contribution is 5.95. The monoisotopic (exact) mass is 572 g/mol. The molecule has 230 valence electrons. The lowest BCUT2D eigenvalue weighted by Crippen LogP contribution is -2.48. The number of amides is 3. The molecule has 0 aromatic heterocycles. The third kappa shape index (κ3) is 8.98. The molecule has 0 spiro atoms. The van der Waals surface area contributed by atoms with E-state index in [2.05, 4.69) is 29.4 Å². The Kier molecular flexibility index (Phi) is 12.0. The van der Waals surface area contributed by atoms with E-state index in [9.17, 15) is 9.59 Å². The first-order valence-corrected chi connectivity index (χ1v) is 15.8. The van der Waals surface area contributed by atoms with Crippen LogP contribution in [0.4, 0.5) is 4.79 Å². The van der Waals surface area contributed by atoms with Crippen molar-refractivity contribution in [3.8, 4) is 11.5 Å². The van der Waals surface area contributed by atoms with Gasteiger partial charge in [-0.1, -0.05) is 19.3 Å². The topological polar surface area (TPSA) is 92.4 Å². The molecule has 0 radical (unpaired) electrons. The number of urea groups is 1. The van der Waals surface area contributed by atoms with Crippen molar-refractivity contribution in [1.82, 2.24) is 20.4 Å². The summed E-state index contributed by atoms with van der Waals surface area (Å²) in [4.78, 5) is 31.1. The molecule has 1 heterocycles. The number of nitrogens with one attached hydrogen (secondary N) is 2. The number of hydrogen-bond donors (Lipinski definition) is 2. The molecule has 3 amide bonds. The molecule has 0 unspecified atom stereocenters. The van der Waals surface area contributed by atoms with Crippen molar-refractivity contribution in [2.45, 2.75) is 77.3 Å². The molecule has 41 heavy (non-hydrogen) atoms. The van der Waals surface area contributed by atoms with Crippen molar-refractivity contribution in [1.29, 1.82) is 0 Å². The second kappa shape index (κ2) is 15.6. The predicted molar refractivity (Wildman–Crippen MR) is 161 cm³/mol. The molecule has 2 N–H and O–H groups in total. The fourth-order valence-electron chi connectivity index (χ4n) is 6.23. The number of nitrogens with zero attached hydrogens (tertiary/aromatic N) is 2. The van der Waals surface area contributed by atoms with Crippen molar-refractivity contribution in [3.05, 3.63) is 23.8 Å². The highest BCUT2D eigenvalue weighted by Gasteiger charge is 2.38. The van der Waals surface area contributed by atoms with Crippen LogP contribution >= 0.6 is 0 Å². The van der Waals surface area contributed by atoms with Gasteiger partial charge in [0.05, 0.1) is 13.7 Å². The number of hydrogen-bond acceptors (Lipinski definition) is 6. The fourth-order valence-corrected chi connectivity index (χ4v) is 6.23. The Morgan fingerprint density at radius 3 is 2.37 bits per heavy atom. The minimum atomic E-state index is -0.0145. The summed E-state index contributed by atoms with van der Waals surface area (Å²) in [7, 11) is 3.27. The summed E-state index contributed by atoms with van der Waals surface area (Å²) in [5, 5.41) is 6.82. The van der Waals surface area contributed by atoms with Crippen LogP contribution in [0.15, 0.2) is 18.2 Å². The molecule has 2 aliphatic carbocycles. The average Bonchev–Trinajstić information content (AvgIpc) is 3.74. The molecule has 1 aliphatic heterocycles. The van der Waals surface area contributed by atoms with Crippen LogP contribution in [0.2, 0.25) is 0 Å². The van der Waals surface area contributed by atoms with Gasteiger partial charge in [-0.15, -0.1) is 0 Å². The molecule has 9 heteroatoms. The Hall–Kier alpha value is -2.52. The van der Waals surface area contributed by atoms with Crippen molar-refractivity contribution in [3.63, 3.8) is 0 Å². The van der Waals surface area contributed by atoms with E-state index in [4.69, 9.17) is 14.2 Å². The van der Waals surface area contributed by atoms with E-state index in [1.807, 2.05) is 11.0 Å². The van der Waals surface area contributed by atoms with Crippen molar-refractivity contribution >= 4 is 11.9 Å². The van der Waals surface area contributed by atoms with E-state index < -0.39 is 0 Å². The quantitative estimate of drug-likeness (QED) is 0.300. The maximum absolute atomic E-state index is 13.8.